The van der Waals surface area contributed by atoms with Crippen LogP contribution in [0.2, 0.25) is 0 Å². The van der Waals surface area contributed by atoms with Crippen LogP contribution in [0.3, 0.4) is 0 Å². The van der Waals surface area contributed by atoms with Crippen LogP contribution in [-0.4, -0.2) is 34.9 Å². The van der Waals surface area contributed by atoms with Gasteiger partial charge in [-0.15, -0.1) is 0 Å². The van der Waals surface area contributed by atoms with Crippen LogP contribution in [0.5, 0.6) is 0 Å². The summed E-state index contributed by atoms with van der Waals surface area (Å²) in [5.41, 5.74) is 5.05. The van der Waals surface area contributed by atoms with Crippen LogP contribution in [0.15, 0.2) is 5.16 Å². The highest BCUT2D eigenvalue weighted by Gasteiger charge is 2.53. The van der Waals surface area contributed by atoms with E-state index in [0.29, 0.717) is 43.7 Å². The first-order chi connectivity index (χ1) is 9.22. The molecule has 116 valence electrons. The van der Waals surface area contributed by atoms with Gasteiger partial charge in [0.1, 0.15) is 5.41 Å². The number of rotatable bonds is 6. The monoisotopic (exact) mass is 283 g/mol. The molecule has 0 aliphatic heterocycles. The third kappa shape index (κ3) is 3.44. The third-order valence-corrected chi connectivity index (χ3v) is 3.86. The summed E-state index contributed by atoms with van der Waals surface area (Å²) in [7, 11) is 0. The van der Waals surface area contributed by atoms with Crippen LogP contribution in [-0.2, 0) is 4.79 Å². The lowest BCUT2D eigenvalue weighted by molar-refractivity contribution is -0.145. The van der Waals surface area contributed by atoms with E-state index in [1.807, 2.05) is 4.90 Å². The molecule has 0 atom stereocenters. The van der Waals surface area contributed by atoms with Crippen LogP contribution in [0, 0.1) is 23.2 Å². The zero-order chi connectivity index (χ0) is 15.5. The summed E-state index contributed by atoms with van der Waals surface area (Å²) in [5, 5.41) is 12.1. The van der Waals surface area contributed by atoms with Gasteiger partial charge in [0, 0.05) is 13.1 Å². The van der Waals surface area contributed by atoms with Crippen LogP contribution in [0.1, 0.15) is 47.5 Å². The second kappa shape index (κ2) is 6.46. The first-order valence-corrected chi connectivity index (χ1v) is 7.50. The van der Waals surface area contributed by atoms with Crippen molar-refractivity contribution in [3.63, 3.8) is 0 Å². The summed E-state index contributed by atoms with van der Waals surface area (Å²) >= 11 is 0. The van der Waals surface area contributed by atoms with E-state index in [0.717, 1.165) is 0 Å². The fourth-order valence-corrected chi connectivity index (χ4v) is 3.14. The highest BCUT2D eigenvalue weighted by molar-refractivity contribution is 6.07. The van der Waals surface area contributed by atoms with Gasteiger partial charge in [-0.3, -0.25) is 4.79 Å². The molecule has 5 nitrogen and oxygen atoms in total. The standard InChI is InChI=1S/C15H29N3O2/c1-10(2)8-18(9-11(3)4)14(19)15(13(16)17-20)6-12(5)7-15/h10-12,20H,6-9H2,1-5H3,(H2,16,17). The average molecular weight is 283 g/mol. The Hall–Kier alpha value is -1.26. The number of carbonyl (C=O) groups is 1. The van der Waals surface area contributed by atoms with E-state index in [4.69, 9.17) is 10.9 Å². The molecule has 1 aliphatic rings. The van der Waals surface area contributed by atoms with Crippen LogP contribution >= 0.6 is 0 Å². The molecule has 0 radical (unpaired) electrons. The van der Waals surface area contributed by atoms with Crippen LogP contribution < -0.4 is 5.73 Å². The summed E-state index contributed by atoms with van der Waals surface area (Å²) in [5.74, 6) is 1.34. The molecule has 0 unspecified atom stereocenters. The largest absolute Gasteiger partial charge is 0.409 e. The van der Waals surface area contributed by atoms with Crippen molar-refractivity contribution in [2.45, 2.75) is 47.5 Å². The van der Waals surface area contributed by atoms with Crippen molar-refractivity contribution in [1.29, 1.82) is 0 Å². The molecule has 0 spiro atoms. The highest BCUT2D eigenvalue weighted by Crippen LogP contribution is 2.47. The van der Waals surface area contributed by atoms with E-state index in [1.54, 1.807) is 0 Å². The zero-order valence-corrected chi connectivity index (χ0v) is 13.4. The maximum atomic E-state index is 12.9. The summed E-state index contributed by atoms with van der Waals surface area (Å²) < 4.78 is 0. The topological polar surface area (TPSA) is 78.9 Å². The van der Waals surface area contributed by atoms with Crippen molar-refractivity contribution in [1.82, 2.24) is 4.90 Å². The number of oxime groups is 1. The molecular weight excluding hydrogens is 254 g/mol. The van der Waals surface area contributed by atoms with Gasteiger partial charge in [0.05, 0.1) is 0 Å². The van der Waals surface area contributed by atoms with Crippen LogP contribution in [0.4, 0.5) is 0 Å². The minimum absolute atomic E-state index is 0.0216. The number of amidine groups is 1. The second-order valence-corrected chi connectivity index (χ2v) is 7.08. The molecule has 1 fully saturated rings. The zero-order valence-electron chi connectivity index (χ0n) is 13.4. The van der Waals surface area contributed by atoms with Gasteiger partial charge in [0.2, 0.25) is 5.91 Å². The van der Waals surface area contributed by atoms with Gasteiger partial charge in [0.25, 0.3) is 0 Å². The minimum atomic E-state index is -0.780. The first kappa shape index (κ1) is 16.8. The van der Waals surface area contributed by atoms with E-state index in [9.17, 15) is 4.79 Å². The molecule has 1 rings (SSSR count). The van der Waals surface area contributed by atoms with Crippen LogP contribution in [0.25, 0.3) is 0 Å². The summed E-state index contributed by atoms with van der Waals surface area (Å²) in [6.45, 7) is 11.9. The third-order valence-electron chi connectivity index (χ3n) is 3.86. The van der Waals surface area contributed by atoms with E-state index < -0.39 is 5.41 Å². The number of nitrogens with two attached hydrogens (primary N) is 1. The normalized spacial score (nSPS) is 26.8. The predicted octanol–water partition coefficient (Wildman–Crippen LogP) is 2.29. The molecule has 0 aromatic carbocycles. The van der Waals surface area contributed by atoms with E-state index in [1.165, 1.54) is 0 Å². The van der Waals surface area contributed by atoms with Gasteiger partial charge in [-0.05, 0) is 30.6 Å². The lowest BCUT2D eigenvalue weighted by Gasteiger charge is -2.46. The maximum absolute atomic E-state index is 12.9. The molecule has 5 heteroatoms. The molecular formula is C15H29N3O2. The molecule has 1 amide bonds. The Balaban J connectivity index is 2.96. The predicted molar refractivity (Wildman–Crippen MR) is 80.5 cm³/mol. The number of hydrogen-bond donors (Lipinski definition) is 2. The SMILES string of the molecule is CC(C)CN(CC(C)C)C(=O)C1(C(N)=NO)CC(C)C1. The lowest BCUT2D eigenvalue weighted by atomic mass is 9.61. The molecule has 0 aromatic rings. The molecule has 1 saturated carbocycles. The first-order valence-electron chi connectivity index (χ1n) is 7.50. The van der Waals surface area contributed by atoms with E-state index in [2.05, 4.69) is 39.8 Å². The molecule has 0 bridgehead atoms. The second-order valence-electron chi connectivity index (χ2n) is 7.08. The van der Waals surface area contributed by atoms with E-state index >= 15 is 0 Å². The number of nitrogens with zero attached hydrogens (tertiary/aromatic N) is 2. The Bertz CT molecular complexity index is 361. The molecule has 0 heterocycles. The number of hydrogen-bond acceptors (Lipinski definition) is 3. The summed E-state index contributed by atoms with van der Waals surface area (Å²) in [6.07, 6.45) is 1.35. The Morgan fingerprint density at radius 2 is 1.75 bits per heavy atom. The molecule has 0 saturated heterocycles. The van der Waals surface area contributed by atoms with Gasteiger partial charge in [0.15, 0.2) is 5.84 Å². The molecule has 1 aliphatic carbocycles. The molecule has 0 aromatic heterocycles. The molecule has 3 N–H and O–H groups in total. The van der Waals surface area contributed by atoms with Gasteiger partial charge < -0.3 is 15.8 Å². The smallest absolute Gasteiger partial charge is 0.236 e. The number of carbonyl (C=O) groups excluding carboxylic acids is 1. The lowest BCUT2D eigenvalue weighted by Crippen LogP contribution is -2.58. The molecule has 20 heavy (non-hydrogen) atoms. The van der Waals surface area contributed by atoms with Crippen molar-refractivity contribution in [2.75, 3.05) is 13.1 Å². The van der Waals surface area contributed by atoms with Crippen molar-refractivity contribution < 1.29 is 10.0 Å². The van der Waals surface area contributed by atoms with Crippen molar-refractivity contribution in [3.8, 4) is 0 Å². The minimum Gasteiger partial charge on any atom is -0.409 e. The maximum Gasteiger partial charge on any atom is 0.236 e. The van der Waals surface area contributed by atoms with Crippen molar-refractivity contribution in [3.05, 3.63) is 0 Å². The Kier molecular flexibility index (Phi) is 5.42. The van der Waals surface area contributed by atoms with Gasteiger partial charge in [-0.2, -0.15) is 0 Å². The fraction of sp³-hybridized carbons (Fsp3) is 0.867. The summed E-state index contributed by atoms with van der Waals surface area (Å²) in [6, 6.07) is 0. The quantitative estimate of drug-likeness (QED) is 0.340. The van der Waals surface area contributed by atoms with Crippen molar-refractivity contribution >= 4 is 11.7 Å². The van der Waals surface area contributed by atoms with Gasteiger partial charge in [-0.25, -0.2) is 0 Å². The van der Waals surface area contributed by atoms with E-state index in [-0.39, 0.29) is 11.7 Å². The highest BCUT2D eigenvalue weighted by atomic mass is 16.4. The Morgan fingerprint density at radius 1 is 1.30 bits per heavy atom. The number of amides is 1. The van der Waals surface area contributed by atoms with Crippen molar-refractivity contribution in [2.24, 2.45) is 34.1 Å². The van der Waals surface area contributed by atoms with Gasteiger partial charge in [-0.1, -0.05) is 39.8 Å². The summed E-state index contributed by atoms with van der Waals surface area (Å²) in [4.78, 5) is 14.8. The van der Waals surface area contributed by atoms with Gasteiger partial charge >= 0.3 is 0 Å². The Labute approximate surface area is 122 Å². The average Bonchev–Trinajstić information content (AvgIpc) is 2.30. The Morgan fingerprint density at radius 3 is 2.05 bits per heavy atom. The fourth-order valence-electron chi connectivity index (χ4n) is 3.14.